The first-order chi connectivity index (χ1) is 10.7. The molecule has 1 aliphatic rings. The Hall–Kier alpha value is -1.95. The van der Waals surface area contributed by atoms with E-state index in [1.54, 1.807) is 18.5 Å². The second-order valence-corrected chi connectivity index (χ2v) is 6.25. The van der Waals surface area contributed by atoms with E-state index in [4.69, 9.17) is 0 Å². The Labute approximate surface area is 137 Å². The minimum Gasteiger partial charge on any atom is -0.348 e. The lowest BCUT2D eigenvalue weighted by atomic mass is 10.1. The number of anilines is 1. The normalized spacial score (nSPS) is 14.5. The van der Waals surface area contributed by atoms with Crippen LogP contribution in [0.25, 0.3) is 0 Å². The summed E-state index contributed by atoms with van der Waals surface area (Å²) in [5.41, 5.74) is 1.18. The lowest BCUT2D eigenvalue weighted by Crippen LogP contribution is -2.57. The number of nitrogens with zero attached hydrogens (tertiary/aromatic N) is 3. The number of aromatic nitrogens is 2. The molecule has 3 rings (SSSR count). The molecule has 1 aromatic heterocycles. The maximum atomic E-state index is 12.1. The molecule has 5 nitrogen and oxygen atoms in total. The zero-order valence-electron chi connectivity index (χ0n) is 12.1. The highest BCUT2D eigenvalue weighted by atomic mass is 79.9. The van der Waals surface area contributed by atoms with Gasteiger partial charge in [-0.05, 0) is 30.2 Å². The van der Waals surface area contributed by atoms with Crippen LogP contribution in [0, 0.1) is 0 Å². The molecule has 1 aromatic carbocycles. The fourth-order valence-electron chi connectivity index (χ4n) is 2.39. The van der Waals surface area contributed by atoms with Crippen molar-refractivity contribution in [3.8, 4) is 0 Å². The van der Waals surface area contributed by atoms with Gasteiger partial charge in [0.2, 0.25) is 11.9 Å². The summed E-state index contributed by atoms with van der Waals surface area (Å²) in [7, 11) is 0. The maximum absolute atomic E-state index is 12.1. The Morgan fingerprint density at radius 2 is 1.91 bits per heavy atom. The number of halogens is 1. The van der Waals surface area contributed by atoms with Crippen LogP contribution < -0.4 is 5.32 Å². The number of hydrogen-bond acceptors (Lipinski definition) is 4. The van der Waals surface area contributed by atoms with Crippen molar-refractivity contribution in [1.82, 2.24) is 14.9 Å². The summed E-state index contributed by atoms with van der Waals surface area (Å²) in [5, 5.41) is 3.22. The largest absolute Gasteiger partial charge is 0.348 e. The third-order valence-electron chi connectivity index (χ3n) is 3.67. The third kappa shape index (κ3) is 3.82. The van der Waals surface area contributed by atoms with Crippen LogP contribution >= 0.6 is 15.9 Å². The van der Waals surface area contributed by atoms with Gasteiger partial charge in [0.05, 0.1) is 6.04 Å². The van der Waals surface area contributed by atoms with Crippen LogP contribution in [0.5, 0.6) is 0 Å². The minimum absolute atomic E-state index is 0.204. The number of carbonyl (C=O) groups is 1. The average molecular weight is 361 g/mol. The first kappa shape index (κ1) is 15.0. The maximum Gasteiger partial charge on any atom is 0.223 e. The van der Waals surface area contributed by atoms with Gasteiger partial charge in [0, 0.05) is 36.4 Å². The first-order valence-electron chi connectivity index (χ1n) is 7.26. The highest BCUT2D eigenvalue weighted by Gasteiger charge is 2.30. The van der Waals surface area contributed by atoms with Crippen molar-refractivity contribution in [2.45, 2.75) is 18.9 Å². The number of nitrogens with one attached hydrogen (secondary N) is 1. The molecular formula is C16H17BrN4O. The molecule has 1 amide bonds. The summed E-state index contributed by atoms with van der Waals surface area (Å²) in [6.07, 6.45) is 4.74. The smallest absolute Gasteiger partial charge is 0.223 e. The molecule has 0 saturated carbocycles. The zero-order valence-corrected chi connectivity index (χ0v) is 13.7. The molecule has 0 spiro atoms. The molecule has 0 atom stereocenters. The van der Waals surface area contributed by atoms with E-state index in [0.29, 0.717) is 12.4 Å². The van der Waals surface area contributed by atoms with Crippen LogP contribution in [0.2, 0.25) is 0 Å². The topological polar surface area (TPSA) is 58.1 Å². The van der Waals surface area contributed by atoms with E-state index in [1.165, 1.54) is 5.56 Å². The van der Waals surface area contributed by atoms with Crippen LogP contribution in [0.15, 0.2) is 47.2 Å². The molecule has 0 aliphatic carbocycles. The summed E-state index contributed by atoms with van der Waals surface area (Å²) in [6.45, 7) is 1.44. The number of hydrogen-bond donors (Lipinski definition) is 1. The molecule has 2 heterocycles. The molecule has 2 aromatic rings. The van der Waals surface area contributed by atoms with Gasteiger partial charge in [-0.1, -0.05) is 28.1 Å². The summed E-state index contributed by atoms with van der Waals surface area (Å²) in [6, 6.07) is 10.1. The lowest BCUT2D eigenvalue weighted by Gasteiger charge is -2.39. The third-order valence-corrected chi connectivity index (χ3v) is 4.20. The molecule has 1 fully saturated rings. The summed E-state index contributed by atoms with van der Waals surface area (Å²) in [4.78, 5) is 22.2. The number of rotatable bonds is 5. The van der Waals surface area contributed by atoms with E-state index < -0.39 is 0 Å². The van der Waals surface area contributed by atoms with Crippen molar-refractivity contribution < 1.29 is 4.79 Å². The fourth-order valence-corrected chi connectivity index (χ4v) is 2.65. The molecule has 22 heavy (non-hydrogen) atoms. The Bertz CT molecular complexity index is 626. The van der Waals surface area contributed by atoms with Crippen molar-refractivity contribution in [3.05, 3.63) is 52.8 Å². The molecule has 0 bridgehead atoms. The number of amides is 1. The van der Waals surface area contributed by atoms with Gasteiger partial charge >= 0.3 is 0 Å². The van der Waals surface area contributed by atoms with Gasteiger partial charge in [-0.25, -0.2) is 9.97 Å². The highest BCUT2D eigenvalue weighted by Crippen LogP contribution is 2.16. The Kier molecular flexibility index (Phi) is 4.68. The second kappa shape index (κ2) is 6.87. The van der Waals surface area contributed by atoms with E-state index in [-0.39, 0.29) is 11.9 Å². The van der Waals surface area contributed by atoms with Crippen molar-refractivity contribution in [1.29, 1.82) is 0 Å². The number of aryl methyl sites for hydroxylation is 1. The predicted molar refractivity (Wildman–Crippen MR) is 88.5 cm³/mol. The number of carbonyl (C=O) groups excluding carboxylic acids is 1. The van der Waals surface area contributed by atoms with Gasteiger partial charge in [0.1, 0.15) is 0 Å². The van der Waals surface area contributed by atoms with Crippen LogP contribution in [-0.2, 0) is 11.2 Å². The Morgan fingerprint density at radius 3 is 2.59 bits per heavy atom. The summed E-state index contributed by atoms with van der Waals surface area (Å²) >= 11 is 3.41. The molecule has 1 saturated heterocycles. The predicted octanol–water partition coefficient (Wildman–Crippen LogP) is 2.49. The van der Waals surface area contributed by atoms with Gasteiger partial charge in [0.15, 0.2) is 0 Å². The standard InChI is InChI=1S/C16H17BrN4O/c17-13-5-2-12(3-6-13)4-7-15(22)21-10-14(11-21)20-16-18-8-1-9-19-16/h1-3,5-6,8-9,14H,4,7,10-11H2,(H,18,19,20). The molecular weight excluding hydrogens is 344 g/mol. The van der Waals surface area contributed by atoms with Crippen molar-refractivity contribution >= 4 is 27.8 Å². The molecule has 6 heteroatoms. The van der Waals surface area contributed by atoms with Crippen LogP contribution in [0.4, 0.5) is 5.95 Å². The zero-order chi connectivity index (χ0) is 15.4. The number of likely N-dealkylation sites (tertiary alicyclic amines) is 1. The lowest BCUT2D eigenvalue weighted by molar-refractivity contribution is -0.135. The van der Waals surface area contributed by atoms with Crippen molar-refractivity contribution in [2.75, 3.05) is 18.4 Å². The van der Waals surface area contributed by atoms with Crippen LogP contribution in [0.3, 0.4) is 0 Å². The van der Waals surface area contributed by atoms with Crippen molar-refractivity contribution in [3.63, 3.8) is 0 Å². The highest BCUT2D eigenvalue weighted by molar-refractivity contribution is 9.10. The van der Waals surface area contributed by atoms with Gasteiger partial charge in [-0.15, -0.1) is 0 Å². The molecule has 0 radical (unpaired) electrons. The van der Waals surface area contributed by atoms with E-state index in [2.05, 4.69) is 31.2 Å². The Balaban J connectivity index is 1.41. The quantitative estimate of drug-likeness (QED) is 0.889. The molecule has 114 valence electrons. The van der Waals surface area contributed by atoms with Crippen LogP contribution in [-0.4, -0.2) is 39.9 Å². The molecule has 1 N–H and O–H groups in total. The van der Waals surface area contributed by atoms with Gasteiger partial charge in [-0.3, -0.25) is 4.79 Å². The van der Waals surface area contributed by atoms with E-state index in [0.717, 1.165) is 24.0 Å². The van der Waals surface area contributed by atoms with Crippen molar-refractivity contribution in [2.24, 2.45) is 0 Å². The second-order valence-electron chi connectivity index (χ2n) is 5.34. The average Bonchev–Trinajstić information content (AvgIpc) is 2.50. The molecule has 0 unspecified atom stereocenters. The fraction of sp³-hybridized carbons (Fsp3) is 0.312. The first-order valence-corrected chi connectivity index (χ1v) is 8.06. The van der Waals surface area contributed by atoms with E-state index in [1.807, 2.05) is 29.2 Å². The minimum atomic E-state index is 0.204. The van der Waals surface area contributed by atoms with Gasteiger partial charge < -0.3 is 10.2 Å². The van der Waals surface area contributed by atoms with Gasteiger partial charge in [0.25, 0.3) is 0 Å². The van der Waals surface area contributed by atoms with Gasteiger partial charge in [-0.2, -0.15) is 0 Å². The summed E-state index contributed by atoms with van der Waals surface area (Å²) < 4.78 is 1.06. The molecule has 1 aliphatic heterocycles. The van der Waals surface area contributed by atoms with E-state index >= 15 is 0 Å². The monoisotopic (exact) mass is 360 g/mol. The Morgan fingerprint density at radius 1 is 1.23 bits per heavy atom. The SMILES string of the molecule is O=C(CCc1ccc(Br)cc1)N1CC(Nc2ncccn2)C1. The number of benzene rings is 1. The van der Waals surface area contributed by atoms with E-state index in [9.17, 15) is 4.79 Å². The summed E-state index contributed by atoms with van der Waals surface area (Å²) in [5.74, 6) is 0.824. The van der Waals surface area contributed by atoms with Crippen LogP contribution in [0.1, 0.15) is 12.0 Å².